The van der Waals surface area contributed by atoms with Crippen molar-refractivity contribution in [2.75, 3.05) is 35.3 Å². The molecule has 0 amide bonds. The first-order valence-electron chi connectivity index (χ1n) is 12.9. The number of hydrogen-bond acceptors (Lipinski definition) is 20. The van der Waals surface area contributed by atoms with Crippen LogP contribution in [0.3, 0.4) is 0 Å². The summed E-state index contributed by atoms with van der Waals surface area (Å²) in [6, 6.07) is -0.723. The molecular weight excluding hydrogens is 698 g/mol. The number of nitrogen functional groups attached to an aromatic ring is 2. The summed E-state index contributed by atoms with van der Waals surface area (Å²) < 4.78 is 51.9. The van der Waals surface area contributed by atoms with E-state index < -0.39 is 77.3 Å². The maximum Gasteiger partial charge on any atom is 0.481 e. The molecule has 3 aliphatic rings. The zero-order valence-corrected chi connectivity index (χ0v) is 26.4. The maximum absolute atomic E-state index is 12.6. The summed E-state index contributed by atoms with van der Waals surface area (Å²) in [6.07, 6.45) is -5.54. The third-order valence-electron chi connectivity index (χ3n) is 6.99. The molecule has 3 aromatic rings. The summed E-state index contributed by atoms with van der Waals surface area (Å²) >= 11 is 8.76. The lowest BCUT2D eigenvalue weighted by atomic mass is 10.1. The van der Waals surface area contributed by atoms with Crippen molar-refractivity contribution in [3.63, 3.8) is 0 Å². The van der Waals surface area contributed by atoms with Crippen LogP contribution in [0.15, 0.2) is 27.3 Å². The van der Waals surface area contributed by atoms with Gasteiger partial charge in [0.15, 0.2) is 29.7 Å². The number of phosphoric acid groups is 2. The van der Waals surface area contributed by atoms with Gasteiger partial charge < -0.3 is 51.6 Å². The number of fused-ring (bicyclic) bond motifs is 3. The molecule has 0 aromatic carbocycles. The Bertz CT molecular complexity index is 1860. The van der Waals surface area contributed by atoms with Crippen LogP contribution >= 0.6 is 40.9 Å². The maximum atomic E-state index is 12.6. The molecule has 46 heavy (non-hydrogen) atoms. The summed E-state index contributed by atoms with van der Waals surface area (Å²) in [5.74, 6) is -0.0188. The Balaban J connectivity index is 1.05. The zero-order valence-electron chi connectivity index (χ0n) is 22.8. The molecule has 3 aliphatic heterocycles. The van der Waals surface area contributed by atoms with Gasteiger partial charge in [0.1, 0.15) is 48.0 Å². The Hall–Kier alpha value is -2.83. The van der Waals surface area contributed by atoms with E-state index in [0.717, 1.165) is 6.33 Å². The third kappa shape index (κ3) is 6.36. The average Bonchev–Trinajstić information content (AvgIpc) is 3.53. The van der Waals surface area contributed by atoms with E-state index in [9.17, 15) is 33.9 Å². The number of anilines is 4. The second-order valence-corrected chi connectivity index (χ2v) is 14.0. The molecule has 0 saturated carbocycles. The molecule has 6 rings (SSSR count). The number of aromatic nitrogens is 6. The van der Waals surface area contributed by atoms with E-state index in [1.54, 1.807) is 0 Å². The minimum Gasteiger partial charge on any atom is -0.387 e. The number of phosphoric ester groups is 2. The van der Waals surface area contributed by atoms with E-state index in [0.29, 0.717) is 0 Å². The highest BCUT2D eigenvalue weighted by Gasteiger charge is 2.47. The SMILES string of the molecule is Nc1nc2c(c(=O)[nH]1)NC1C(S)=C(S)C(COP(=O)(O)OP(=O)(O)OC[C@H]3O[C@@H](n4cnc5c(N)ncnc54)[C@H](O)[C@@H]3O)OC1N2. The minimum atomic E-state index is -5.33. The molecule has 0 bridgehead atoms. The molecule has 26 heteroatoms. The molecule has 3 aromatic heterocycles. The lowest BCUT2D eigenvalue weighted by molar-refractivity contribution is -0.0506. The van der Waals surface area contributed by atoms with E-state index >= 15 is 0 Å². The van der Waals surface area contributed by atoms with Gasteiger partial charge in [0, 0.05) is 9.81 Å². The van der Waals surface area contributed by atoms with Crippen molar-refractivity contribution in [3.8, 4) is 0 Å². The molecule has 1 fully saturated rings. The van der Waals surface area contributed by atoms with Crippen LogP contribution in [0.1, 0.15) is 6.23 Å². The van der Waals surface area contributed by atoms with Crippen LogP contribution in [-0.2, 0) is 32.0 Å². The molecule has 1 saturated heterocycles. The summed E-state index contributed by atoms with van der Waals surface area (Å²) in [7, 11) is -10.6. The Labute approximate surface area is 267 Å². The van der Waals surface area contributed by atoms with Crippen molar-refractivity contribution in [1.29, 1.82) is 0 Å². The standard InChI is InChI=1S/C20H26N10O12P2S2/c21-14-8-16(24-3-23-14)30(4-25-8)19-11(32)10(31)5(41-19)1-38-43(34,35)42-44(36,37)39-2-6-12(45)13(46)7-18(40-6)27-15-9(26-7)17(33)29-20(22)28-15/h3-7,10-11,18-19,26,31-32,45-46H,1-2H2,(H,34,35)(H,36,37)(H2,21,23,24)(H4,22,27,28,29,33)/t5-,6?,7?,10-,11-,18?,19-/m1/s1. The van der Waals surface area contributed by atoms with E-state index in [1.807, 2.05) is 0 Å². The second-order valence-electron chi connectivity index (χ2n) is 10.00. The number of nitrogens with zero attached hydrogens (tertiary/aromatic N) is 5. The van der Waals surface area contributed by atoms with Crippen molar-refractivity contribution in [2.45, 2.75) is 42.9 Å². The number of hydrogen-bond donors (Lipinski definition) is 11. The predicted octanol–water partition coefficient (Wildman–Crippen LogP) is -1.35. The number of aliphatic hydroxyl groups is 2. The number of imidazole rings is 1. The normalized spacial score (nSPS) is 30.2. The number of rotatable bonds is 9. The Morgan fingerprint density at radius 1 is 1.00 bits per heavy atom. The summed E-state index contributed by atoms with van der Waals surface area (Å²) in [4.78, 5) is 51.2. The van der Waals surface area contributed by atoms with Crippen molar-refractivity contribution in [1.82, 2.24) is 29.5 Å². The van der Waals surface area contributed by atoms with Gasteiger partial charge in [-0.25, -0.2) is 24.1 Å². The van der Waals surface area contributed by atoms with Crippen LogP contribution in [-0.4, -0.2) is 99.4 Å². The van der Waals surface area contributed by atoms with Crippen molar-refractivity contribution < 1.29 is 52.0 Å². The highest BCUT2D eigenvalue weighted by atomic mass is 32.1. The molecule has 6 heterocycles. The molecule has 22 nitrogen and oxygen atoms in total. The van der Waals surface area contributed by atoms with Gasteiger partial charge in [-0.15, -0.1) is 25.3 Å². The number of ether oxygens (including phenoxy) is 2. The topological polar surface area (TPSA) is 327 Å². The summed E-state index contributed by atoms with van der Waals surface area (Å²) in [5.41, 5.74) is 11.3. The first-order valence-corrected chi connectivity index (χ1v) is 16.8. The molecule has 0 spiro atoms. The molecule has 0 aliphatic carbocycles. The Morgan fingerprint density at radius 3 is 2.46 bits per heavy atom. The monoisotopic (exact) mass is 724 g/mol. The summed E-state index contributed by atoms with van der Waals surface area (Å²) in [6.45, 7) is -1.58. The van der Waals surface area contributed by atoms with Crippen LogP contribution in [0.4, 0.5) is 23.3 Å². The molecule has 9 atom stereocenters. The van der Waals surface area contributed by atoms with Gasteiger partial charge >= 0.3 is 15.6 Å². The number of H-pyrrole nitrogens is 1. The molecule has 5 unspecified atom stereocenters. The molecule has 0 radical (unpaired) electrons. The van der Waals surface area contributed by atoms with Gasteiger partial charge in [-0.1, -0.05) is 0 Å². The fourth-order valence-electron chi connectivity index (χ4n) is 4.85. The minimum absolute atomic E-state index is 0.0618. The van der Waals surface area contributed by atoms with E-state index in [1.165, 1.54) is 10.9 Å². The first kappa shape index (κ1) is 33.1. The van der Waals surface area contributed by atoms with Crippen LogP contribution < -0.4 is 27.7 Å². The van der Waals surface area contributed by atoms with Gasteiger partial charge in [0.2, 0.25) is 5.95 Å². The molecular formula is C20H26N10O12P2S2. The number of aliphatic hydroxyl groups excluding tert-OH is 2. The highest BCUT2D eigenvalue weighted by Crippen LogP contribution is 2.61. The van der Waals surface area contributed by atoms with Gasteiger partial charge in [-0.3, -0.25) is 23.4 Å². The van der Waals surface area contributed by atoms with Crippen molar-refractivity contribution in [2.24, 2.45) is 0 Å². The predicted molar refractivity (Wildman–Crippen MR) is 162 cm³/mol. The largest absolute Gasteiger partial charge is 0.481 e. The van der Waals surface area contributed by atoms with Crippen LogP contribution in [0.5, 0.6) is 0 Å². The van der Waals surface area contributed by atoms with Gasteiger partial charge in [0.25, 0.3) is 5.56 Å². The van der Waals surface area contributed by atoms with Crippen LogP contribution in [0, 0.1) is 0 Å². The van der Waals surface area contributed by atoms with Gasteiger partial charge in [-0.05, 0) is 0 Å². The van der Waals surface area contributed by atoms with Gasteiger partial charge in [-0.2, -0.15) is 9.29 Å². The lowest BCUT2D eigenvalue weighted by Gasteiger charge is -2.41. The average molecular weight is 725 g/mol. The lowest BCUT2D eigenvalue weighted by Crippen LogP contribution is -2.52. The number of aromatic amines is 1. The fourth-order valence-corrected chi connectivity index (χ4v) is 7.54. The third-order valence-corrected chi connectivity index (χ3v) is 10.8. The second kappa shape index (κ2) is 12.3. The number of nitrogens with one attached hydrogen (secondary N) is 3. The van der Waals surface area contributed by atoms with Crippen LogP contribution in [0.25, 0.3) is 11.2 Å². The van der Waals surface area contributed by atoms with Crippen molar-refractivity contribution >= 4 is 75.3 Å². The van der Waals surface area contributed by atoms with E-state index in [4.69, 9.17) is 30.0 Å². The molecule has 250 valence electrons. The van der Waals surface area contributed by atoms with Crippen molar-refractivity contribution in [3.05, 3.63) is 32.8 Å². The Kier molecular flexibility index (Phi) is 8.86. The fraction of sp³-hybridized carbons (Fsp3) is 0.450. The van der Waals surface area contributed by atoms with Crippen LogP contribution in [0.2, 0.25) is 0 Å². The highest BCUT2D eigenvalue weighted by molar-refractivity contribution is 7.88. The smallest absolute Gasteiger partial charge is 0.387 e. The number of nitrogens with two attached hydrogens (primary N) is 2. The first-order chi connectivity index (χ1) is 21.6. The summed E-state index contributed by atoms with van der Waals surface area (Å²) in [5, 5.41) is 26.8. The van der Waals surface area contributed by atoms with Gasteiger partial charge in [0.05, 0.1) is 19.5 Å². The number of thiol groups is 2. The molecule has 11 N–H and O–H groups in total. The van der Waals surface area contributed by atoms with E-state index in [2.05, 4.69) is 65.1 Å². The zero-order chi connectivity index (χ0) is 33.1. The Morgan fingerprint density at radius 2 is 1.72 bits per heavy atom. The van der Waals surface area contributed by atoms with E-state index in [-0.39, 0.29) is 44.2 Å². The quantitative estimate of drug-likeness (QED) is 0.0897.